The number of aliphatic hydroxyl groups excluding tert-OH is 2. The van der Waals surface area contributed by atoms with Crippen LogP contribution in [0.25, 0.3) is 0 Å². The van der Waals surface area contributed by atoms with Crippen molar-refractivity contribution in [2.24, 2.45) is 0 Å². The van der Waals surface area contributed by atoms with E-state index in [1.807, 2.05) is 9.80 Å². The molecule has 0 amide bonds. The molecule has 1 fully saturated rings. The molecule has 3 rings (SSSR count). The Morgan fingerprint density at radius 3 is 1.43 bits per heavy atom. The van der Waals surface area contributed by atoms with Gasteiger partial charge in [0.15, 0.2) is 11.5 Å². The summed E-state index contributed by atoms with van der Waals surface area (Å²) in [5.74, 6) is -0.552. The molecule has 1 aliphatic heterocycles. The molecule has 0 spiro atoms. The predicted molar refractivity (Wildman–Crippen MR) is 95.7 cm³/mol. The summed E-state index contributed by atoms with van der Waals surface area (Å²) in [6.07, 6.45) is 0. The van der Waals surface area contributed by atoms with Gasteiger partial charge in [-0.3, -0.25) is 19.4 Å². The second-order valence-corrected chi connectivity index (χ2v) is 6.57. The Hall–Kier alpha value is -2.66. The first-order valence-corrected chi connectivity index (χ1v) is 8.77. The van der Waals surface area contributed by atoms with Gasteiger partial charge in [0.05, 0.1) is 13.1 Å². The standard InChI is InChI=1S/C18H22N2O8/c21-9-11-5-13(23)17(25)15(27-11)7-19-1-2-20(4-3-19)8-16-18(26)14(24)6-12(10-22)28-16/h5-6,21-22,25-26H,1-4,7-10H2. The maximum absolute atomic E-state index is 11.7. The highest BCUT2D eigenvalue weighted by atomic mass is 16.4. The molecule has 10 heteroatoms. The monoisotopic (exact) mass is 394 g/mol. The first-order chi connectivity index (χ1) is 13.4. The minimum absolute atomic E-state index is 0.0886. The van der Waals surface area contributed by atoms with Gasteiger partial charge in [-0.15, -0.1) is 0 Å². The number of hydrogen-bond acceptors (Lipinski definition) is 10. The topological polar surface area (TPSA) is 148 Å². The third-order valence-corrected chi connectivity index (χ3v) is 4.60. The summed E-state index contributed by atoms with van der Waals surface area (Å²) >= 11 is 0. The lowest BCUT2D eigenvalue weighted by Crippen LogP contribution is -2.45. The van der Waals surface area contributed by atoms with Gasteiger partial charge in [-0.25, -0.2) is 0 Å². The highest BCUT2D eigenvalue weighted by Crippen LogP contribution is 2.20. The van der Waals surface area contributed by atoms with Crippen LogP contribution in [0.1, 0.15) is 23.0 Å². The Balaban J connectivity index is 1.63. The fraction of sp³-hybridized carbons (Fsp3) is 0.444. The second kappa shape index (κ2) is 8.57. The van der Waals surface area contributed by atoms with Crippen LogP contribution in [0.4, 0.5) is 0 Å². The van der Waals surface area contributed by atoms with Crippen molar-refractivity contribution in [3.63, 3.8) is 0 Å². The molecule has 0 aliphatic carbocycles. The van der Waals surface area contributed by atoms with Gasteiger partial charge in [0.2, 0.25) is 22.4 Å². The van der Waals surface area contributed by atoms with Crippen LogP contribution in [-0.4, -0.2) is 56.4 Å². The van der Waals surface area contributed by atoms with Gasteiger partial charge in [-0.2, -0.15) is 0 Å². The highest BCUT2D eigenvalue weighted by Gasteiger charge is 2.22. The minimum Gasteiger partial charge on any atom is -0.502 e. The molecule has 2 aromatic heterocycles. The quantitative estimate of drug-likeness (QED) is 0.496. The lowest BCUT2D eigenvalue weighted by molar-refractivity contribution is 0.103. The fourth-order valence-electron chi connectivity index (χ4n) is 3.06. The van der Waals surface area contributed by atoms with E-state index in [-0.39, 0.29) is 36.1 Å². The van der Waals surface area contributed by atoms with Gasteiger partial charge in [0, 0.05) is 38.3 Å². The average Bonchev–Trinajstić information content (AvgIpc) is 2.69. The number of aromatic hydroxyl groups is 2. The number of piperazine rings is 1. The maximum Gasteiger partial charge on any atom is 0.227 e. The lowest BCUT2D eigenvalue weighted by Gasteiger charge is -2.34. The predicted octanol–water partition coefficient (Wildman–Crippen LogP) is -0.693. The summed E-state index contributed by atoms with van der Waals surface area (Å²) in [5.41, 5.74) is -1.20. The van der Waals surface area contributed by atoms with E-state index in [0.29, 0.717) is 26.2 Å². The average molecular weight is 394 g/mol. The molecular formula is C18H22N2O8. The van der Waals surface area contributed by atoms with E-state index in [1.54, 1.807) is 0 Å². The molecule has 10 nitrogen and oxygen atoms in total. The first kappa shape index (κ1) is 20.1. The second-order valence-electron chi connectivity index (χ2n) is 6.57. The number of hydrogen-bond donors (Lipinski definition) is 4. The zero-order chi connectivity index (χ0) is 20.3. The van der Waals surface area contributed by atoms with Crippen LogP contribution >= 0.6 is 0 Å². The third kappa shape index (κ3) is 4.42. The Kier molecular flexibility index (Phi) is 6.15. The van der Waals surface area contributed by atoms with Gasteiger partial charge in [-0.05, 0) is 0 Å². The number of nitrogens with zero attached hydrogens (tertiary/aromatic N) is 2. The SMILES string of the molecule is O=c1cc(CO)oc(CN2CCN(Cc3oc(CO)cc(=O)c3O)CC2)c1O. The van der Waals surface area contributed by atoms with E-state index < -0.39 is 35.6 Å². The van der Waals surface area contributed by atoms with Crippen molar-refractivity contribution in [1.82, 2.24) is 9.80 Å². The summed E-state index contributed by atoms with van der Waals surface area (Å²) in [4.78, 5) is 27.3. The van der Waals surface area contributed by atoms with Gasteiger partial charge in [0.1, 0.15) is 24.7 Å². The summed E-state index contributed by atoms with van der Waals surface area (Å²) in [5, 5.41) is 38.0. The van der Waals surface area contributed by atoms with Crippen LogP contribution in [-0.2, 0) is 26.3 Å². The summed E-state index contributed by atoms with van der Waals surface area (Å²) in [6, 6.07) is 2.11. The molecule has 28 heavy (non-hydrogen) atoms. The van der Waals surface area contributed by atoms with Crippen molar-refractivity contribution in [1.29, 1.82) is 0 Å². The number of aliphatic hydroxyl groups is 2. The van der Waals surface area contributed by atoms with Crippen molar-refractivity contribution in [3.8, 4) is 11.5 Å². The molecule has 152 valence electrons. The van der Waals surface area contributed by atoms with Crippen LogP contribution in [0, 0.1) is 0 Å². The normalized spacial score (nSPS) is 15.8. The molecule has 1 aliphatic rings. The Morgan fingerprint density at radius 2 is 1.11 bits per heavy atom. The van der Waals surface area contributed by atoms with E-state index in [0.717, 1.165) is 12.1 Å². The van der Waals surface area contributed by atoms with Crippen molar-refractivity contribution in [3.05, 3.63) is 55.6 Å². The Labute approximate surface area is 159 Å². The maximum atomic E-state index is 11.7. The Bertz CT molecular complexity index is 866. The minimum atomic E-state index is -0.599. The zero-order valence-electron chi connectivity index (χ0n) is 15.1. The van der Waals surface area contributed by atoms with Crippen molar-refractivity contribution in [2.75, 3.05) is 26.2 Å². The van der Waals surface area contributed by atoms with Crippen molar-refractivity contribution >= 4 is 0 Å². The molecule has 0 radical (unpaired) electrons. The molecule has 3 heterocycles. The summed E-state index contributed by atoms with van der Waals surface area (Å²) < 4.78 is 10.7. The van der Waals surface area contributed by atoms with Gasteiger partial charge < -0.3 is 29.3 Å². The lowest BCUT2D eigenvalue weighted by atomic mass is 10.2. The van der Waals surface area contributed by atoms with Crippen LogP contribution in [0.15, 0.2) is 30.6 Å². The Morgan fingerprint density at radius 1 is 0.750 bits per heavy atom. The molecule has 0 saturated carbocycles. The number of rotatable bonds is 6. The first-order valence-electron chi connectivity index (χ1n) is 8.77. The van der Waals surface area contributed by atoms with E-state index in [2.05, 4.69) is 0 Å². The third-order valence-electron chi connectivity index (χ3n) is 4.60. The molecular weight excluding hydrogens is 372 g/mol. The molecule has 0 aromatic carbocycles. The van der Waals surface area contributed by atoms with Crippen LogP contribution in [0.5, 0.6) is 11.5 Å². The fourth-order valence-corrected chi connectivity index (χ4v) is 3.06. The summed E-state index contributed by atoms with van der Waals surface area (Å²) in [6.45, 7) is 1.88. The van der Waals surface area contributed by atoms with Gasteiger partial charge in [-0.1, -0.05) is 0 Å². The molecule has 2 aromatic rings. The van der Waals surface area contributed by atoms with E-state index in [1.165, 1.54) is 0 Å². The van der Waals surface area contributed by atoms with Gasteiger partial charge >= 0.3 is 0 Å². The van der Waals surface area contributed by atoms with Crippen molar-refractivity contribution < 1.29 is 29.3 Å². The molecule has 1 saturated heterocycles. The van der Waals surface area contributed by atoms with E-state index in [9.17, 15) is 19.8 Å². The van der Waals surface area contributed by atoms with Crippen LogP contribution < -0.4 is 10.9 Å². The molecule has 4 N–H and O–H groups in total. The smallest absolute Gasteiger partial charge is 0.227 e. The van der Waals surface area contributed by atoms with Crippen molar-refractivity contribution in [2.45, 2.75) is 26.3 Å². The largest absolute Gasteiger partial charge is 0.502 e. The van der Waals surface area contributed by atoms with Crippen LogP contribution in [0.2, 0.25) is 0 Å². The molecule has 0 unspecified atom stereocenters. The highest BCUT2D eigenvalue weighted by molar-refractivity contribution is 5.25. The molecule has 0 atom stereocenters. The van der Waals surface area contributed by atoms with E-state index in [4.69, 9.17) is 19.0 Å². The zero-order valence-corrected chi connectivity index (χ0v) is 15.1. The summed E-state index contributed by atoms with van der Waals surface area (Å²) in [7, 11) is 0. The van der Waals surface area contributed by atoms with Crippen LogP contribution in [0.3, 0.4) is 0 Å². The van der Waals surface area contributed by atoms with E-state index >= 15 is 0 Å². The van der Waals surface area contributed by atoms with Gasteiger partial charge in [0.25, 0.3) is 0 Å². The molecule has 0 bridgehead atoms.